The zero-order chi connectivity index (χ0) is 20.6. The number of hydrogen-bond donors (Lipinski definition) is 0. The Morgan fingerprint density at radius 3 is 2.33 bits per heavy atom. The smallest absolute Gasteiger partial charge is 0.222 e. The normalized spacial score (nSPS) is 13.9. The van der Waals surface area contributed by atoms with E-state index in [0.29, 0.717) is 26.1 Å². The first-order valence-corrected chi connectivity index (χ1v) is 10.4. The number of piperazine rings is 1. The predicted octanol–water partition coefficient (Wildman–Crippen LogP) is 3.65. The molecule has 1 aliphatic rings. The van der Waals surface area contributed by atoms with Crippen LogP contribution in [0.4, 0.5) is 5.82 Å². The van der Waals surface area contributed by atoms with E-state index in [9.17, 15) is 4.79 Å². The second-order valence-corrected chi connectivity index (χ2v) is 7.26. The Hall–Kier alpha value is -3.41. The second-order valence-electron chi connectivity index (χ2n) is 7.26. The third kappa shape index (κ3) is 5.14. The summed E-state index contributed by atoms with van der Waals surface area (Å²) in [7, 11) is 0. The first-order valence-electron chi connectivity index (χ1n) is 10.4. The number of carbonyl (C=O) groups excluding carboxylic acids is 1. The predicted molar refractivity (Wildman–Crippen MR) is 117 cm³/mol. The van der Waals surface area contributed by atoms with E-state index in [1.165, 1.54) is 0 Å². The number of para-hydroxylation sites is 1. The van der Waals surface area contributed by atoms with Crippen molar-refractivity contribution in [1.82, 2.24) is 14.9 Å². The highest BCUT2D eigenvalue weighted by Crippen LogP contribution is 2.21. The first-order chi connectivity index (χ1) is 14.8. The number of rotatable bonds is 7. The molecule has 0 atom stereocenters. The van der Waals surface area contributed by atoms with Crippen molar-refractivity contribution in [2.45, 2.75) is 12.8 Å². The van der Waals surface area contributed by atoms with Gasteiger partial charge < -0.3 is 14.5 Å². The van der Waals surface area contributed by atoms with Crippen LogP contribution in [0.25, 0.3) is 11.3 Å². The van der Waals surface area contributed by atoms with Crippen LogP contribution in [0, 0.1) is 0 Å². The number of nitrogens with zero attached hydrogens (tertiary/aromatic N) is 4. The topological polar surface area (TPSA) is 58.6 Å². The summed E-state index contributed by atoms with van der Waals surface area (Å²) in [4.78, 5) is 25.5. The fourth-order valence-electron chi connectivity index (χ4n) is 3.56. The molecule has 30 heavy (non-hydrogen) atoms. The molecule has 1 fully saturated rings. The minimum atomic E-state index is 0.193. The van der Waals surface area contributed by atoms with Crippen LogP contribution in [0.2, 0.25) is 0 Å². The lowest BCUT2D eigenvalue weighted by atomic mass is 10.1. The van der Waals surface area contributed by atoms with Crippen LogP contribution >= 0.6 is 0 Å². The highest BCUT2D eigenvalue weighted by molar-refractivity contribution is 5.76. The van der Waals surface area contributed by atoms with Crippen LogP contribution in [0.5, 0.6) is 5.75 Å². The molecule has 1 amide bonds. The lowest BCUT2D eigenvalue weighted by Gasteiger charge is -2.35. The van der Waals surface area contributed by atoms with Crippen LogP contribution in [0.15, 0.2) is 73.1 Å². The van der Waals surface area contributed by atoms with Gasteiger partial charge in [-0.1, -0.05) is 48.5 Å². The van der Waals surface area contributed by atoms with Crippen LogP contribution < -0.4 is 9.64 Å². The molecule has 1 aromatic heterocycles. The molecule has 0 unspecified atom stereocenters. The molecule has 0 saturated carbocycles. The summed E-state index contributed by atoms with van der Waals surface area (Å²) in [5, 5.41) is 0. The largest absolute Gasteiger partial charge is 0.494 e. The Morgan fingerprint density at radius 2 is 1.60 bits per heavy atom. The Bertz CT molecular complexity index is 942. The maximum atomic E-state index is 12.5. The second kappa shape index (κ2) is 9.87. The number of amides is 1. The third-order valence-corrected chi connectivity index (χ3v) is 5.23. The number of carbonyl (C=O) groups is 1. The Morgan fingerprint density at radius 1 is 0.900 bits per heavy atom. The molecule has 0 aliphatic carbocycles. The van der Waals surface area contributed by atoms with Gasteiger partial charge in [0.05, 0.1) is 12.3 Å². The van der Waals surface area contributed by atoms with Crippen LogP contribution in [0.3, 0.4) is 0 Å². The van der Waals surface area contributed by atoms with E-state index in [2.05, 4.69) is 14.9 Å². The quantitative estimate of drug-likeness (QED) is 0.565. The molecule has 0 spiro atoms. The van der Waals surface area contributed by atoms with Crippen molar-refractivity contribution >= 4 is 11.7 Å². The minimum Gasteiger partial charge on any atom is -0.494 e. The van der Waals surface area contributed by atoms with Crippen molar-refractivity contribution in [1.29, 1.82) is 0 Å². The molecule has 3 aromatic rings. The standard InChI is InChI=1S/C24H26N4O2/c29-24(12-7-17-30-21-10-5-2-6-11-21)28-15-13-27(14-16-28)23-18-22(25-19-26-23)20-8-3-1-4-9-20/h1-6,8-11,18-19H,7,12-17H2. The van der Waals surface area contributed by atoms with Gasteiger partial charge in [-0.05, 0) is 18.6 Å². The minimum absolute atomic E-state index is 0.193. The van der Waals surface area contributed by atoms with Gasteiger partial charge in [-0.25, -0.2) is 9.97 Å². The Balaban J connectivity index is 1.24. The fraction of sp³-hybridized carbons (Fsp3) is 0.292. The highest BCUT2D eigenvalue weighted by atomic mass is 16.5. The van der Waals surface area contributed by atoms with Gasteiger partial charge >= 0.3 is 0 Å². The molecule has 6 nitrogen and oxygen atoms in total. The van der Waals surface area contributed by atoms with E-state index in [-0.39, 0.29) is 5.91 Å². The summed E-state index contributed by atoms with van der Waals surface area (Å²) in [5.41, 5.74) is 1.99. The monoisotopic (exact) mass is 402 g/mol. The molecule has 1 saturated heterocycles. The molecular formula is C24H26N4O2. The Labute approximate surface area is 177 Å². The van der Waals surface area contributed by atoms with Crippen LogP contribution in [-0.2, 0) is 4.79 Å². The van der Waals surface area contributed by atoms with Crippen molar-refractivity contribution in [3.63, 3.8) is 0 Å². The molecule has 0 N–H and O–H groups in total. The molecule has 2 aromatic carbocycles. The first kappa shape index (κ1) is 19.9. The van der Waals surface area contributed by atoms with E-state index < -0.39 is 0 Å². The maximum absolute atomic E-state index is 12.5. The number of benzene rings is 2. The summed E-state index contributed by atoms with van der Waals surface area (Å²) in [5.74, 6) is 1.95. The van der Waals surface area contributed by atoms with E-state index in [1.54, 1.807) is 6.33 Å². The van der Waals surface area contributed by atoms with Crippen molar-refractivity contribution < 1.29 is 9.53 Å². The van der Waals surface area contributed by atoms with Gasteiger partial charge in [-0.2, -0.15) is 0 Å². The lowest BCUT2D eigenvalue weighted by Crippen LogP contribution is -2.49. The average Bonchev–Trinajstić information content (AvgIpc) is 2.83. The molecule has 2 heterocycles. The summed E-state index contributed by atoms with van der Waals surface area (Å²) in [6.45, 7) is 3.53. The third-order valence-electron chi connectivity index (χ3n) is 5.23. The van der Waals surface area contributed by atoms with E-state index >= 15 is 0 Å². The van der Waals surface area contributed by atoms with Crippen molar-refractivity contribution in [3.05, 3.63) is 73.1 Å². The zero-order valence-electron chi connectivity index (χ0n) is 17.0. The molecule has 0 bridgehead atoms. The van der Waals surface area contributed by atoms with E-state index in [1.807, 2.05) is 71.6 Å². The summed E-state index contributed by atoms with van der Waals surface area (Å²) >= 11 is 0. The van der Waals surface area contributed by atoms with Gasteiger partial charge in [0.15, 0.2) is 0 Å². The van der Waals surface area contributed by atoms with Crippen molar-refractivity contribution in [2.24, 2.45) is 0 Å². The van der Waals surface area contributed by atoms with Crippen LogP contribution in [-0.4, -0.2) is 53.6 Å². The SMILES string of the molecule is O=C(CCCOc1ccccc1)N1CCN(c2cc(-c3ccccc3)ncn2)CC1. The number of anilines is 1. The molecule has 0 radical (unpaired) electrons. The lowest BCUT2D eigenvalue weighted by molar-refractivity contribution is -0.131. The molecule has 4 rings (SSSR count). The zero-order valence-corrected chi connectivity index (χ0v) is 17.0. The number of aromatic nitrogens is 2. The van der Waals surface area contributed by atoms with Crippen LogP contribution in [0.1, 0.15) is 12.8 Å². The van der Waals surface area contributed by atoms with Gasteiger partial charge in [-0.15, -0.1) is 0 Å². The number of hydrogen-bond acceptors (Lipinski definition) is 5. The van der Waals surface area contributed by atoms with Gasteiger partial charge in [-0.3, -0.25) is 4.79 Å². The molecular weight excluding hydrogens is 376 g/mol. The average molecular weight is 402 g/mol. The number of ether oxygens (including phenoxy) is 1. The van der Waals surface area contributed by atoms with E-state index in [0.717, 1.165) is 42.3 Å². The van der Waals surface area contributed by atoms with Gasteiger partial charge in [0.25, 0.3) is 0 Å². The van der Waals surface area contributed by atoms with Gasteiger partial charge in [0.1, 0.15) is 17.9 Å². The fourth-order valence-corrected chi connectivity index (χ4v) is 3.56. The van der Waals surface area contributed by atoms with Crippen molar-refractivity contribution in [3.8, 4) is 17.0 Å². The maximum Gasteiger partial charge on any atom is 0.222 e. The molecule has 1 aliphatic heterocycles. The van der Waals surface area contributed by atoms with Gasteiger partial charge in [0, 0.05) is 44.2 Å². The summed E-state index contributed by atoms with van der Waals surface area (Å²) in [6.07, 6.45) is 2.85. The molecule has 6 heteroatoms. The Kier molecular flexibility index (Phi) is 6.54. The summed E-state index contributed by atoms with van der Waals surface area (Å²) in [6, 6.07) is 21.8. The van der Waals surface area contributed by atoms with Crippen molar-refractivity contribution in [2.75, 3.05) is 37.7 Å². The summed E-state index contributed by atoms with van der Waals surface area (Å²) < 4.78 is 5.67. The van der Waals surface area contributed by atoms with E-state index in [4.69, 9.17) is 4.74 Å². The highest BCUT2D eigenvalue weighted by Gasteiger charge is 2.22. The molecule has 154 valence electrons. The van der Waals surface area contributed by atoms with Gasteiger partial charge in [0.2, 0.25) is 5.91 Å².